The third-order valence-corrected chi connectivity index (χ3v) is 6.64. The number of aliphatic imine (C=N–C) groups is 1. The van der Waals surface area contributed by atoms with Gasteiger partial charge in [0, 0.05) is 38.1 Å². The van der Waals surface area contributed by atoms with Crippen molar-refractivity contribution in [2.75, 3.05) is 39.0 Å². The lowest BCUT2D eigenvalue weighted by Crippen LogP contribution is -2.50. The fourth-order valence-corrected chi connectivity index (χ4v) is 4.97. The van der Waals surface area contributed by atoms with Crippen LogP contribution in [0.15, 0.2) is 22.5 Å². The van der Waals surface area contributed by atoms with E-state index in [-0.39, 0.29) is 18.0 Å². The first-order chi connectivity index (χ1) is 11.9. The second kappa shape index (κ2) is 9.51. The van der Waals surface area contributed by atoms with E-state index in [0.29, 0.717) is 25.6 Å². The third-order valence-electron chi connectivity index (χ3n) is 3.90. The molecule has 25 heavy (non-hydrogen) atoms. The minimum atomic E-state index is -3.30. The van der Waals surface area contributed by atoms with Crippen LogP contribution >= 0.6 is 11.3 Å². The molecule has 2 rings (SSSR count). The molecule has 0 radical (unpaired) electrons. The number of hydrogen-bond donors (Lipinski definition) is 2. The molecule has 2 unspecified atom stereocenters. The Balaban J connectivity index is 1.73. The first-order valence-electron chi connectivity index (χ1n) is 8.51. The van der Waals surface area contributed by atoms with E-state index in [1.165, 1.54) is 9.18 Å². The lowest BCUT2D eigenvalue weighted by molar-refractivity contribution is -0.0440. The number of hydrogen-bond acceptors (Lipinski definition) is 5. The fraction of sp³-hybridized carbons (Fsp3) is 0.688. The van der Waals surface area contributed by atoms with Gasteiger partial charge >= 0.3 is 0 Å². The summed E-state index contributed by atoms with van der Waals surface area (Å²) in [4.78, 5) is 5.44. The third kappa shape index (κ3) is 6.58. The zero-order valence-electron chi connectivity index (χ0n) is 15.1. The summed E-state index contributed by atoms with van der Waals surface area (Å²) in [5, 5.41) is 8.33. The molecule has 0 bridgehead atoms. The van der Waals surface area contributed by atoms with Gasteiger partial charge in [-0.15, -0.1) is 11.3 Å². The van der Waals surface area contributed by atoms with Crippen molar-refractivity contribution in [3.63, 3.8) is 0 Å². The van der Waals surface area contributed by atoms with Gasteiger partial charge in [0.1, 0.15) is 0 Å². The second-order valence-electron chi connectivity index (χ2n) is 6.15. The molecule has 7 nitrogen and oxygen atoms in total. The lowest BCUT2D eigenvalue weighted by atomic mass is 10.3. The smallest absolute Gasteiger partial charge is 0.216 e. The molecule has 0 aliphatic carbocycles. The van der Waals surface area contributed by atoms with Gasteiger partial charge in [-0.25, -0.2) is 8.42 Å². The quantitative estimate of drug-likeness (QED) is 0.536. The molecule has 142 valence electrons. The topological polar surface area (TPSA) is 83.0 Å². The number of nitrogens with zero attached hydrogens (tertiary/aromatic N) is 2. The van der Waals surface area contributed by atoms with E-state index in [0.717, 1.165) is 13.0 Å². The molecule has 9 heteroatoms. The average Bonchev–Trinajstić information content (AvgIpc) is 3.05. The Labute approximate surface area is 154 Å². The predicted octanol–water partition coefficient (Wildman–Crippen LogP) is 0.895. The van der Waals surface area contributed by atoms with Gasteiger partial charge in [-0.1, -0.05) is 6.07 Å². The minimum Gasteiger partial charge on any atom is -0.373 e. The van der Waals surface area contributed by atoms with Crippen molar-refractivity contribution < 1.29 is 13.2 Å². The normalized spacial score (nSPS) is 22.8. The van der Waals surface area contributed by atoms with Crippen LogP contribution < -0.4 is 10.6 Å². The molecule has 2 heterocycles. The van der Waals surface area contributed by atoms with Gasteiger partial charge in [0.05, 0.1) is 18.0 Å². The van der Waals surface area contributed by atoms with Crippen LogP contribution in [0.5, 0.6) is 0 Å². The van der Waals surface area contributed by atoms with Crippen LogP contribution in [0.1, 0.15) is 18.7 Å². The van der Waals surface area contributed by atoms with Gasteiger partial charge in [-0.2, -0.15) is 4.31 Å². The predicted molar refractivity (Wildman–Crippen MR) is 103 cm³/mol. The Morgan fingerprint density at radius 3 is 2.60 bits per heavy atom. The maximum Gasteiger partial charge on any atom is 0.216 e. The first kappa shape index (κ1) is 20.2. The molecule has 2 atom stereocenters. The number of guanidine groups is 1. The zero-order chi connectivity index (χ0) is 18.3. The van der Waals surface area contributed by atoms with Crippen LogP contribution in [0.25, 0.3) is 0 Å². The summed E-state index contributed by atoms with van der Waals surface area (Å²) in [6.45, 7) is 5.71. The van der Waals surface area contributed by atoms with Crippen molar-refractivity contribution in [2.45, 2.75) is 32.5 Å². The minimum absolute atomic E-state index is 0.0397. The highest BCUT2D eigenvalue weighted by Crippen LogP contribution is 2.14. The fourth-order valence-electron chi connectivity index (χ4n) is 2.76. The Morgan fingerprint density at radius 2 is 2.00 bits per heavy atom. The van der Waals surface area contributed by atoms with E-state index in [1.54, 1.807) is 18.4 Å². The Hall–Kier alpha value is -1.16. The maximum absolute atomic E-state index is 12.5. The van der Waals surface area contributed by atoms with E-state index >= 15 is 0 Å². The summed E-state index contributed by atoms with van der Waals surface area (Å²) in [5.74, 6) is 0.661. The summed E-state index contributed by atoms with van der Waals surface area (Å²) >= 11 is 1.72. The van der Waals surface area contributed by atoms with Crippen LogP contribution in [0, 0.1) is 0 Å². The highest BCUT2D eigenvalue weighted by molar-refractivity contribution is 7.89. The molecular formula is C16H28N4O3S2. The molecule has 2 N–H and O–H groups in total. The van der Waals surface area contributed by atoms with E-state index < -0.39 is 10.0 Å². The molecule has 0 spiro atoms. The molecule has 1 fully saturated rings. The summed E-state index contributed by atoms with van der Waals surface area (Å²) in [6.07, 6.45) is 0.775. The van der Waals surface area contributed by atoms with Crippen molar-refractivity contribution in [1.29, 1.82) is 0 Å². The van der Waals surface area contributed by atoms with E-state index in [2.05, 4.69) is 27.1 Å². The van der Waals surface area contributed by atoms with Crippen LogP contribution in [0.4, 0.5) is 0 Å². The van der Waals surface area contributed by atoms with Gasteiger partial charge < -0.3 is 15.4 Å². The molecule has 1 aliphatic heterocycles. The molecule has 0 amide bonds. The second-order valence-corrected chi connectivity index (χ2v) is 9.27. The highest BCUT2D eigenvalue weighted by atomic mass is 32.2. The Bertz CT molecular complexity index is 636. The number of sulfonamides is 1. The molecule has 1 saturated heterocycles. The van der Waals surface area contributed by atoms with Gasteiger partial charge in [-0.05, 0) is 31.7 Å². The van der Waals surface area contributed by atoms with Gasteiger partial charge in [0.25, 0.3) is 0 Å². The van der Waals surface area contributed by atoms with Gasteiger partial charge in [0.15, 0.2) is 5.96 Å². The van der Waals surface area contributed by atoms with Crippen LogP contribution in [-0.2, 0) is 21.2 Å². The Morgan fingerprint density at radius 1 is 1.32 bits per heavy atom. The van der Waals surface area contributed by atoms with Crippen molar-refractivity contribution in [1.82, 2.24) is 14.9 Å². The van der Waals surface area contributed by atoms with Crippen LogP contribution in [0.2, 0.25) is 0 Å². The van der Waals surface area contributed by atoms with E-state index in [4.69, 9.17) is 4.74 Å². The average molecular weight is 389 g/mol. The van der Waals surface area contributed by atoms with Crippen molar-refractivity contribution in [3.8, 4) is 0 Å². The van der Waals surface area contributed by atoms with Crippen molar-refractivity contribution >= 4 is 27.3 Å². The van der Waals surface area contributed by atoms with Gasteiger partial charge in [0.2, 0.25) is 10.0 Å². The van der Waals surface area contributed by atoms with Crippen molar-refractivity contribution in [2.24, 2.45) is 4.99 Å². The van der Waals surface area contributed by atoms with E-state index in [1.807, 2.05) is 19.9 Å². The van der Waals surface area contributed by atoms with E-state index in [9.17, 15) is 8.42 Å². The van der Waals surface area contributed by atoms with Crippen LogP contribution in [0.3, 0.4) is 0 Å². The number of ether oxygens (including phenoxy) is 1. The highest BCUT2D eigenvalue weighted by Gasteiger charge is 2.30. The summed E-state index contributed by atoms with van der Waals surface area (Å²) in [6, 6.07) is 4.13. The van der Waals surface area contributed by atoms with Gasteiger partial charge in [-0.3, -0.25) is 4.99 Å². The number of nitrogens with one attached hydrogen (secondary N) is 2. The summed E-state index contributed by atoms with van der Waals surface area (Å²) < 4.78 is 32.1. The first-order valence-corrected chi connectivity index (χ1v) is 11.0. The van der Waals surface area contributed by atoms with Crippen molar-refractivity contribution in [3.05, 3.63) is 22.4 Å². The number of thiophene rings is 1. The largest absolute Gasteiger partial charge is 0.373 e. The lowest BCUT2D eigenvalue weighted by Gasteiger charge is -2.34. The zero-order valence-corrected chi connectivity index (χ0v) is 16.7. The standard InChI is InChI=1S/C16H28N4O3S2/c1-13-11-20(12-14(2)23-13)25(21,22)10-8-19-16(17-3)18-7-6-15-5-4-9-24-15/h4-5,9,13-14H,6-8,10-12H2,1-3H3,(H2,17,18,19). The Kier molecular flexibility index (Phi) is 7.67. The molecular weight excluding hydrogens is 360 g/mol. The molecule has 1 aliphatic rings. The molecule has 1 aromatic heterocycles. The molecule has 0 saturated carbocycles. The SMILES string of the molecule is CN=C(NCCc1cccs1)NCCS(=O)(=O)N1CC(C)OC(C)C1. The number of rotatable bonds is 7. The molecule has 1 aromatic rings. The van der Waals surface area contributed by atoms with Crippen LogP contribution in [-0.4, -0.2) is 69.9 Å². The molecule has 0 aromatic carbocycles. The summed E-state index contributed by atoms with van der Waals surface area (Å²) in [7, 11) is -1.62. The number of morpholine rings is 1. The monoisotopic (exact) mass is 388 g/mol. The maximum atomic E-state index is 12.5. The summed E-state index contributed by atoms with van der Waals surface area (Å²) in [5.41, 5.74) is 0.